The van der Waals surface area contributed by atoms with Crippen LogP contribution in [0.1, 0.15) is 34.8 Å². The van der Waals surface area contributed by atoms with Crippen molar-refractivity contribution in [2.45, 2.75) is 32.9 Å². The summed E-state index contributed by atoms with van der Waals surface area (Å²) >= 11 is 1.47. The molecule has 0 atom stereocenters. The van der Waals surface area contributed by atoms with Gasteiger partial charge in [0, 0.05) is 35.8 Å². The third-order valence-electron chi connectivity index (χ3n) is 5.60. The first kappa shape index (κ1) is 19.0. The van der Waals surface area contributed by atoms with Gasteiger partial charge in [0.05, 0.1) is 5.69 Å². The first-order chi connectivity index (χ1) is 14.5. The van der Waals surface area contributed by atoms with Crippen LogP contribution >= 0.6 is 11.3 Å². The van der Waals surface area contributed by atoms with Crippen molar-refractivity contribution >= 4 is 44.1 Å². The Morgan fingerprint density at radius 2 is 2.03 bits per heavy atom. The second kappa shape index (κ2) is 7.34. The molecule has 0 fully saturated rings. The molecule has 0 unspecified atom stereocenters. The summed E-state index contributed by atoms with van der Waals surface area (Å²) in [5.41, 5.74) is 0.830. The minimum absolute atomic E-state index is 0.0177. The van der Waals surface area contributed by atoms with E-state index in [-0.39, 0.29) is 5.56 Å². The minimum atomic E-state index is -0.650. The molecule has 0 saturated carbocycles. The van der Waals surface area contributed by atoms with E-state index in [4.69, 9.17) is 4.42 Å². The summed E-state index contributed by atoms with van der Waals surface area (Å²) in [6.45, 7) is 6.16. The second-order valence-electron chi connectivity index (χ2n) is 7.80. The van der Waals surface area contributed by atoms with Gasteiger partial charge in [-0.15, -0.1) is 11.3 Å². The topological polar surface area (TPSA) is 75.4 Å². The molecule has 0 bridgehead atoms. The Morgan fingerprint density at radius 1 is 1.20 bits per heavy atom. The lowest BCUT2D eigenvalue weighted by Crippen LogP contribution is -2.35. The summed E-state index contributed by atoms with van der Waals surface area (Å²) in [6.07, 6.45) is 0.865. The van der Waals surface area contributed by atoms with Crippen LogP contribution in [0, 0.1) is 0 Å². The number of hydrogen-bond donors (Lipinski definition) is 1. The minimum Gasteiger partial charge on any atom is -0.422 e. The van der Waals surface area contributed by atoms with Crippen LogP contribution in [0.15, 0.2) is 51.7 Å². The number of anilines is 1. The summed E-state index contributed by atoms with van der Waals surface area (Å²) in [7, 11) is 0. The summed E-state index contributed by atoms with van der Waals surface area (Å²) in [5.74, 6) is -0.495. The summed E-state index contributed by atoms with van der Waals surface area (Å²) in [5, 5.41) is 6.02. The van der Waals surface area contributed by atoms with Gasteiger partial charge in [0.15, 0.2) is 5.13 Å². The van der Waals surface area contributed by atoms with Crippen LogP contribution in [0.2, 0.25) is 0 Å². The molecule has 7 heteroatoms. The predicted octanol–water partition coefficient (Wildman–Crippen LogP) is 4.42. The third kappa shape index (κ3) is 3.30. The maximum absolute atomic E-state index is 12.9. The van der Waals surface area contributed by atoms with Crippen LogP contribution in [0.25, 0.3) is 21.7 Å². The lowest BCUT2D eigenvalue weighted by Gasteiger charge is -2.29. The highest BCUT2D eigenvalue weighted by Gasteiger charge is 2.23. The highest BCUT2D eigenvalue weighted by atomic mass is 32.1. The first-order valence-corrected chi connectivity index (χ1v) is 10.8. The van der Waals surface area contributed by atoms with Gasteiger partial charge in [-0.1, -0.05) is 30.3 Å². The molecule has 0 aliphatic carbocycles. The van der Waals surface area contributed by atoms with E-state index in [0.29, 0.717) is 16.8 Å². The Bertz CT molecular complexity index is 1340. The molecule has 5 rings (SSSR count). The Morgan fingerprint density at radius 3 is 2.87 bits per heavy atom. The predicted molar refractivity (Wildman–Crippen MR) is 119 cm³/mol. The maximum Gasteiger partial charge on any atom is 0.349 e. The number of nitrogens with zero attached hydrogens (tertiary/aromatic N) is 2. The van der Waals surface area contributed by atoms with Gasteiger partial charge in [-0.2, -0.15) is 0 Å². The molecular weight excluding hydrogens is 398 g/mol. The molecule has 1 aliphatic rings. The average Bonchev–Trinajstić information content (AvgIpc) is 3.14. The fourth-order valence-electron chi connectivity index (χ4n) is 3.90. The third-order valence-corrected chi connectivity index (χ3v) is 6.60. The monoisotopic (exact) mass is 419 g/mol. The summed E-state index contributed by atoms with van der Waals surface area (Å²) < 4.78 is 5.44. The van der Waals surface area contributed by atoms with Crippen LogP contribution in [-0.2, 0) is 13.0 Å². The van der Waals surface area contributed by atoms with Crippen molar-refractivity contribution in [2.75, 3.05) is 11.9 Å². The van der Waals surface area contributed by atoms with Crippen molar-refractivity contribution in [3.8, 4) is 0 Å². The molecule has 2 aromatic heterocycles. The SMILES string of the molecule is CC(C)N1CCc2nc(NC(=O)c3cc4c(ccc5ccccc54)oc3=O)sc2C1. The number of hydrogen-bond acceptors (Lipinski definition) is 6. The molecule has 152 valence electrons. The Labute approximate surface area is 177 Å². The van der Waals surface area contributed by atoms with E-state index in [0.717, 1.165) is 41.4 Å². The molecule has 3 heterocycles. The highest BCUT2D eigenvalue weighted by Crippen LogP contribution is 2.30. The number of nitrogens with one attached hydrogen (secondary N) is 1. The zero-order valence-corrected chi connectivity index (χ0v) is 17.6. The number of thiazole rings is 1. The van der Waals surface area contributed by atoms with E-state index in [9.17, 15) is 9.59 Å². The van der Waals surface area contributed by atoms with Crippen molar-refractivity contribution in [1.29, 1.82) is 0 Å². The van der Waals surface area contributed by atoms with Crippen LogP contribution < -0.4 is 10.9 Å². The van der Waals surface area contributed by atoms with Crippen molar-refractivity contribution in [3.05, 3.63) is 69.0 Å². The van der Waals surface area contributed by atoms with E-state index in [1.54, 1.807) is 12.1 Å². The van der Waals surface area contributed by atoms with E-state index in [1.807, 2.05) is 30.3 Å². The van der Waals surface area contributed by atoms with Gasteiger partial charge in [-0.05, 0) is 36.8 Å². The largest absolute Gasteiger partial charge is 0.422 e. The van der Waals surface area contributed by atoms with Crippen molar-refractivity contribution < 1.29 is 9.21 Å². The van der Waals surface area contributed by atoms with Crippen molar-refractivity contribution in [3.63, 3.8) is 0 Å². The van der Waals surface area contributed by atoms with E-state index in [2.05, 4.69) is 29.0 Å². The van der Waals surface area contributed by atoms with Gasteiger partial charge in [0.25, 0.3) is 5.91 Å². The molecule has 4 aromatic rings. The zero-order chi connectivity index (χ0) is 20.8. The van der Waals surface area contributed by atoms with Gasteiger partial charge in [-0.25, -0.2) is 9.78 Å². The molecule has 0 radical (unpaired) electrons. The lowest BCUT2D eigenvalue weighted by atomic mass is 10.0. The van der Waals surface area contributed by atoms with E-state index in [1.165, 1.54) is 16.2 Å². The van der Waals surface area contributed by atoms with Gasteiger partial charge in [-0.3, -0.25) is 15.0 Å². The molecule has 0 spiro atoms. The number of amides is 1. The number of carbonyl (C=O) groups excluding carboxylic acids is 1. The van der Waals surface area contributed by atoms with Gasteiger partial charge >= 0.3 is 5.63 Å². The number of carbonyl (C=O) groups is 1. The Kier molecular flexibility index (Phi) is 4.64. The fourth-order valence-corrected chi connectivity index (χ4v) is 4.93. The first-order valence-electron chi connectivity index (χ1n) is 9.99. The maximum atomic E-state index is 12.9. The summed E-state index contributed by atoms with van der Waals surface area (Å²) in [6, 6.07) is 13.6. The molecule has 1 amide bonds. The Hall–Kier alpha value is -3.03. The Balaban J connectivity index is 1.48. The standard InChI is InChI=1S/C23H21N3O3S/c1-13(2)26-10-9-18-20(12-26)30-23(24-18)25-21(27)17-11-16-15-6-4-3-5-14(15)7-8-19(16)29-22(17)28/h3-8,11,13H,9-10,12H2,1-2H3,(H,24,25,27). The zero-order valence-electron chi connectivity index (χ0n) is 16.8. The van der Waals surface area contributed by atoms with Crippen LogP contribution in [0.4, 0.5) is 5.13 Å². The number of benzene rings is 2. The van der Waals surface area contributed by atoms with Crippen molar-refractivity contribution in [1.82, 2.24) is 9.88 Å². The van der Waals surface area contributed by atoms with Crippen LogP contribution in [-0.4, -0.2) is 28.4 Å². The molecular formula is C23H21N3O3S. The van der Waals surface area contributed by atoms with Crippen LogP contribution in [0.5, 0.6) is 0 Å². The summed E-state index contributed by atoms with van der Waals surface area (Å²) in [4.78, 5) is 33.5. The number of rotatable bonds is 3. The molecule has 30 heavy (non-hydrogen) atoms. The second-order valence-corrected chi connectivity index (χ2v) is 8.89. The van der Waals surface area contributed by atoms with Gasteiger partial charge in [0.1, 0.15) is 11.1 Å². The number of aromatic nitrogens is 1. The highest BCUT2D eigenvalue weighted by molar-refractivity contribution is 7.15. The molecule has 1 N–H and O–H groups in total. The van der Waals surface area contributed by atoms with Gasteiger partial charge in [0.2, 0.25) is 0 Å². The quantitative estimate of drug-likeness (QED) is 0.393. The molecule has 6 nitrogen and oxygen atoms in total. The van der Waals surface area contributed by atoms with Gasteiger partial charge < -0.3 is 4.42 Å². The van der Waals surface area contributed by atoms with E-state index >= 15 is 0 Å². The molecule has 0 saturated heterocycles. The lowest BCUT2D eigenvalue weighted by molar-refractivity contribution is 0.102. The van der Waals surface area contributed by atoms with Crippen LogP contribution in [0.3, 0.4) is 0 Å². The smallest absolute Gasteiger partial charge is 0.349 e. The van der Waals surface area contributed by atoms with E-state index < -0.39 is 11.5 Å². The normalized spacial score (nSPS) is 14.4. The average molecular weight is 420 g/mol. The molecule has 1 aliphatic heterocycles. The molecule has 2 aromatic carbocycles. The fraction of sp³-hybridized carbons (Fsp3) is 0.261. The number of fused-ring (bicyclic) bond motifs is 4. The van der Waals surface area contributed by atoms with Crippen molar-refractivity contribution in [2.24, 2.45) is 0 Å².